The number of nitrogens with two attached hydrogens (primary N) is 1. The maximum Gasteiger partial charge on any atom is 0.152 e. The molecule has 1 aromatic heterocycles. The van der Waals surface area contributed by atoms with Crippen LogP contribution in [0.15, 0.2) is 17.5 Å². The first-order valence-corrected chi connectivity index (χ1v) is 4.09. The molecule has 0 saturated heterocycles. The number of rotatable bonds is 2. The zero-order chi connectivity index (χ0) is 8.27. The van der Waals surface area contributed by atoms with E-state index in [1.807, 2.05) is 11.4 Å². The van der Waals surface area contributed by atoms with E-state index in [-0.39, 0.29) is 5.78 Å². The molecule has 0 atom stereocenters. The highest BCUT2D eigenvalue weighted by Gasteiger charge is 1.94. The summed E-state index contributed by atoms with van der Waals surface area (Å²) in [4.78, 5) is 11.5. The average Bonchev–Trinajstić information content (AvgIpc) is 2.31. The van der Waals surface area contributed by atoms with Crippen LogP contribution in [0.4, 0.5) is 5.69 Å². The molecule has 0 aromatic carbocycles. The second kappa shape index (κ2) is 3.34. The van der Waals surface area contributed by atoms with E-state index in [1.165, 1.54) is 24.3 Å². The lowest BCUT2D eigenvalue weighted by Crippen LogP contribution is -1.83. The fourth-order valence-electron chi connectivity index (χ4n) is 0.659. The van der Waals surface area contributed by atoms with Crippen molar-refractivity contribution in [3.8, 4) is 0 Å². The second-order valence-corrected chi connectivity index (χ2v) is 3.13. The van der Waals surface area contributed by atoms with Crippen LogP contribution < -0.4 is 5.73 Å². The van der Waals surface area contributed by atoms with Gasteiger partial charge in [-0.1, -0.05) is 0 Å². The van der Waals surface area contributed by atoms with Gasteiger partial charge in [0.15, 0.2) is 5.78 Å². The van der Waals surface area contributed by atoms with E-state index in [1.54, 1.807) is 6.08 Å². The summed E-state index contributed by atoms with van der Waals surface area (Å²) in [6, 6.07) is 1.82. The van der Waals surface area contributed by atoms with Crippen LogP contribution in [0.1, 0.15) is 11.8 Å². The van der Waals surface area contributed by atoms with Gasteiger partial charge in [0.25, 0.3) is 0 Å². The SMILES string of the molecule is CC(=O)/C=C/c1sccc1N. The monoisotopic (exact) mass is 167 g/mol. The van der Waals surface area contributed by atoms with Gasteiger partial charge in [-0.05, 0) is 30.5 Å². The van der Waals surface area contributed by atoms with Gasteiger partial charge in [-0.15, -0.1) is 11.3 Å². The van der Waals surface area contributed by atoms with E-state index in [2.05, 4.69) is 0 Å². The molecule has 0 aliphatic rings. The lowest BCUT2D eigenvalue weighted by molar-refractivity contribution is -0.112. The van der Waals surface area contributed by atoms with Gasteiger partial charge in [0.2, 0.25) is 0 Å². The summed E-state index contributed by atoms with van der Waals surface area (Å²) in [5, 5.41) is 1.90. The van der Waals surface area contributed by atoms with Crippen LogP contribution in [-0.4, -0.2) is 5.78 Å². The van der Waals surface area contributed by atoms with Crippen LogP contribution in [0.2, 0.25) is 0 Å². The van der Waals surface area contributed by atoms with Crippen molar-refractivity contribution >= 4 is 28.9 Å². The fraction of sp³-hybridized carbons (Fsp3) is 0.125. The Labute approximate surface area is 69.3 Å². The van der Waals surface area contributed by atoms with Crippen molar-refractivity contribution in [1.82, 2.24) is 0 Å². The Morgan fingerprint density at radius 2 is 2.45 bits per heavy atom. The summed E-state index contributed by atoms with van der Waals surface area (Å²) < 4.78 is 0. The summed E-state index contributed by atoms with van der Waals surface area (Å²) in [5.74, 6) is 0.0396. The zero-order valence-electron chi connectivity index (χ0n) is 6.20. The van der Waals surface area contributed by atoms with Crippen molar-refractivity contribution in [2.75, 3.05) is 5.73 Å². The average molecular weight is 167 g/mol. The summed E-state index contributed by atoms with van der Waals surface area (Å²) >= 11 is 1.53. The minimum Gasteiger partial charge on any atom is -0.398 e. The Bertz CT molecular complexity index is 288. The molecule has 0 radical (unpaired) electrons. The molecule has 58 valence electrons. The second-order valence-electron chi connectivity index (χ2n) is 2.18. The Hall–Kier alpha value is -1.09. The van der Waals surface area contributed by atoms with E-state index < -0.39 is 0 Å². The highest BCUT2D eigenvalue weighted by molar-refractivity contribution is 7.11. The summed E-state index contributed by atoms with van der Waals surface area (Å²) in [6.45, 7) is 1.51. The van der Waals surface area contributed by atoms with Crippen molar-refractivity contribution in [2.24, 2.45) is 0 Å². The van der Waals surface area contributed by atoms with E-state index in [0.717, 1.165) is 10.6 Å². The largest absolute Gasteiger partial charge is 0.398 e. The topological polar surface area (TPSA) is 43.1 Å². The van der Waals surface area contributed by atoms with E-state index in [0.29, 0.717) is 0 Å². The Kier molecular flexibility index (Phi) is 2.44. The van der Waals surface area contributed by atoms with Gasteiger partial charge in [-0.25, -0.2) is 0 Å². The third-order valence-electron chi connectivity index (χ3n) is 1.20. The van der Waals surface area contributed by atoms with Crippen molar-refractivity contribution in [1.29, 1.82) is 0 Å². The van der Waals surface area contributed by atoms with Gasteiger partial charge in [0.05, 0.1) is 4.88 Å². The number of anilines is 1. The molecule has 0 aliphatic heterocycles. The predicted octanol–water partition coefficient (Wildman–Crippen LogP) is 1.93. The number of ketones is 1. The molecule has 1 rings (SSSR count). The Morgan fingerprint density at radius 3 is 2.91 bits per heavy atom. The number of nitrogen functional groups attached to an aromatic ring is 1. The minimum atomic E-state index is 0.0396. The molecule has 0 bridgehead atoms. The highest BCUT2D eigenvalue weighted by Crippen LogP contribution is 2.19. The van der Waals surface area contributed by atoms with Gasteiger partial charge >= 0.3 is 0 Å². The minimum absolute atomic E-state index is 0.0396. The number of allylic oxidation sites excluding steroid dienone is 1. The first-order chi connectivity index (χ1) is 5.20. The molecule has 11 heavy (non-hydrogen) atoms. The molecule has 0 unspecified atom stereocenters. The van der Waals surface area contributed by atoms with Crippen LogP contribution >= 0.6 is 11.3 Å². The van der Waals surface area contributed by atoms with E-state index in [4.69, 9.17) is 5.73 Å². The quantitative estimate of drug-likeness (QED) is 0.684. The molecular weight excluding hydrogens is 158 g/mol. The smallest absolute Gasteiger partial charge is 0.152 e. The summed E-state index contributed by atoms with van der Waals surface area (Å²) in [7, 11) is 0. The van der Waals surface area contributed by atoms with Crippen molar-refractivity contribution < 1.29 is 4.79 Å². The molecule has 2 nitrogen and oxygen atoms in total. The highest BCUT2D eigenvalue weighted by atomic mass is 32.1. The third kappa shape index (κ3) is 2.20. The lowest BCUT2D eigenvalue weighted by Gasteiger charge is -1.86. The van der Waals surface area contributed by atoms with Crippen molar-refractivity contribution in [3.05, 3.63) is 22.4 Å². The molecule has 1 aromatic rings. The number of thiophene rings is 1. The van der Waals surface area contributed by atoms with Gasteiger partial charge in [-0.2, -0.15) is 0 Å². The maximum absolute atomic E-state index is 10.5. The molecule has 0 spiro atoms. The maximum atomic E-state index is 10.5. The molecule has 0 aliphatic carbocycles. The molecule has 1 heterocycles. The zero-order valence-corrected chi connectivity index (χ0v) is 7.02. The van der Waals surface area contributed by atoms with Crippen molar-refractivity contribution in [3.63, 3.8) is 0 Å². The van der Waals surface area contributed by atoms with E-state index >= 15 is 0 Å². The number of carbonyl (C=O) groups is 1. The molecule has 0 fully saturated rings. The lowest BCUT2D eigenvalue weighted by atomic mass is 10.3. The molecule has 0 saturated carbocycles. The standard InChI is InChI=1S/C8H9NOS/c1-6(10)2-3-8-7(9)4-5-11-8/h2-5H,9H2,1H3/b3-2+. The molecule has 0 amide bonds. The fourth-order valence-corrected chi connectivity index (χ4v) is 1.37. The first kappa shape index (κ1) is 8.01. The van der Waals surface area contributed by atoms with Gasteiger partial charge in [0.1, 0.15) is 0 Å². The van der Waals surface area contributed by atoms with Gasteiger partial charge in [-0.3, -0.25) is 4.79 Å². The van der Waals surface area contributed by atoms with Gasteiger partial charge in [0, 0.05) is 5.69 Å². The number of carbonyl (C=O) groups excluding carboxylic acids is 1. The molecule has 3 heteroatoms. The molecular formula is C8H9NOS. The third-order valence-corrected chi connectivity index (χ3v) is 2.09. The van der Waals surface area contributed by atoms with Crippen LogP contribution in [0.3, 0.4) is 0 Å². The van der Waals surface area contributed by atoms with Gasteiger partial charge < -0.3 is 5.73 Å². The van der Waals surface area contributed by atoms with Crippen LogP contribution in [-0.2, 0) is 4.79 Å². The normalized spacial score (nSPS) is 10.6. The number of hydrogen-bond donors (Lipinski definition) is 1. The number of hydrogen-bond acceptors (Lipinski definition) is 3. The predicted molar refractivity (Wildman–Crippen MR) is 48.4 cm³/mol. The summed E-state index contributed by atoms with van der Waals surface area (Å²) in [6.07, 6.45) is 3.25. The van der Waals surface area contributed by atoms with Crippen molar-refractivity contribution in [2.45, 2.75) is 6.92 Å². The summed E-state index contributed by atoms with van der Waals surface area (Å²) in [5.41, 5.74) is 6.30. The Balaban J connectivity index is 2.79. The molecule has 2 N–H and O–H groups in total. The van der Waals surface area contributed by atoms with E-state index in [9.17, 15) is 4.79 Å². The van der Waals surface area contributed by atoms with Crippen LogP contribution in [0, 0.1) is 0 Å². The Morgan fingerprint density at radius 1 is 1.73 bits per heavy atom. The van der Waals surface area contributed by atoms with Crippen LogP contribution in [0.25, 0.3) is 6.08 Å². The van der Waals surface area contributed by atoms with Crippen LogP contribution in [0.5, 0.6) is 0 Å². The first-order valence-electron chi connectivity index (χ1n) is 3.22.